The van der Waals surface area contributed by atoms with Crippen LogP contribution in [0.1, 0.15) is 13.3 Å². The molecule has 7 heteroatoms. The van der Waals surface area contributed by atoms with Crippen molar-refractivity contribution in [2.45, 2.75) is 19.5 Å². The van der Waals surface area contributed by atoms with Gasteiger partial charge in [0, 0.05) is 22.3 Å². The van der Waals surface area contributed by atoms with E-state index in [9.17, 15) is 14.0 Å². The number of halogens is 2. The third kappa shape index (κ3) is 3.91. The van der Waals surface area contributed by atoms with Crippen molar-refractivity contribution in [1.29, 1.82) is 0 Å². The van der Waals surface area contributed by atoms with Crippen LogP contribution in [0.5, 0.6) is 0 Å². The molecule has 0 bridgehead atoms. The van der Waals surface area contributed by atoms with Crippen molar-refractivity contribution in [2.24, 2.45) is 5.92 Å². The highest BCUT2D eigenvalue weighted by atomic mass is 35.5. The highest BCUT2D eigenvalue weighted by molar-refractivity contribution is 6.30. The van der Waals surface area contributed by atoms with Gasteiger partial charge >= 0.3 is 6.03 Å². The summed E-state index contributed by atoms with van der Waals surface area (Å²) in [5.41, 5.74) is 1.14. The summed E-state index contributed by atoms with van der Waals surface area (Å²) in [5.74, 6) is -0.720. The molecule has 25 heavy (non-hydrogen) atoms. The van der Waals surface area contributed by atoms with Crippen molar-refractivity contribution < 1.29 is 14.0 Å². The molecule has 3 amide bonds. The Hall–Kier alpha value is -2.60. The second kappa shape index (κ2) is 7.11. The van der Waals surface area contributed by atoms with Crippen molar-refractivity contribution in [2.75, 3.05) is 10.2 Å². The summed E-state index contributed by atoms with van der Waals surface area (Å²) in [6.45, 7) is 1.80. The van der Waals surface area contributed by atoms with E-state index in [1.807, 2.05) is 0 Å². The number of nitrogens with zero attached hydrogens (tertiary/aromatic N) is 1. The van der Waals surface area contributed by atoms with Gasteiger partial charge in [0.2, 0.25) is 5.91 Å². The van der Waals surface area contributed by atoms with Gasteiger partial charge in [0.05, 0.1) is 0 Å². The number of carbonyl (C=O) groups excluding carboxylic acids is 2. The Kier molecular flexibility index (Phi) is 4.90. The van der Waals surface area contributed by atoms with Crippen LogP contribution in [0.3, 0.4) is 0 Å². The first-order valence-corrected chi connectivity index (χ1v) is 8.23. The maximum Gasteiger partial charge on any atom is 0.320 e. The fourth-order valence-corrected chi connectivity index (χ4v) is 2.94. The van der Waals surface area contributed by atoms with E-state index in [2.05, 4.69) is 10.6 Å². The van der Waals surface area contributed by atoms with E-state index in [0.717, 1.165) is 0 Å². The first kappa shape index (κ1) is 17.2. The van der Waals surface area contributed by atoms with Gasteiger partial charge in [-0.1, -0.05) is 18.5 Å². The lowest BCUT2D eigenvalue weighted by atomic mass is 10.1. The van der Waals surface area contributed by atoms with Gasteiger partial charge < -0.3 is 10.6 Å². The molecular weight excluding hydrogens is 345 g/mol. The quantitative estimate of drug-likeness (QED) is 0.868. The van der Waals surface area contributed by atoms with Crippen molar-refractivity contribution in [3.05, 3.63) is 59.4 Å². The molecule has 0 aromatic heterocycles. The Labute approximate surface area is 149 Å². The van der Waals surface area contributed by atoms with Crippen LogP contribution in [-0.4, -0.2) is 18.1 Å². The van der Waals surface area contributed by atoms with E-state index in [-0.39, 0.29) is 17.6 Å². The Morgan fingerprint density at radius 1 is 1.16 bits per heavy atom. The van der Waals surface area contributed by atoms with E-state index in [1.54, 1.807) is 31.2 Å². The van der Waals surface area contributed by atoms with Crippen LogP contribution in [0, 0.1) is 11.7 Å². The minimum Gasteiger partial charge on any atom is -0.317 e. The van der Waals surface area contributed by atoms with Crippen LogP contribution < -0.4 is 15.5 Å². The zero-order valence-electron chi connectivity index (χ0n) is 13.5. The number of urea groups is 1. The molecule has 0 saturated carbocycles. The number of amides is 3. The standard InChI is InChI=1S/C18H17ClFN3O2/c1-11-10-16(22-18(25)21-14-6-2-12(19)3-7-14)23(17(11)24)15-8-4-13(20)5-9-15/h2-9,11,16H,10H2,1H3,(H2,21,22,25). The van der Waals surface area contributed by atoms with Crippen LogP contribution in [-0.2, 0) is 4.79 Å². The zero-order valence-corrected chi connectivity index (χ0v) is 14.3. The van der Waals surface area contributed by atoms with E-state index in [1.165, 1.54) is 29.2 Å². The molecule has 2 unspecified atom stereocenters. The third-order valence-corrected chi connectivity index (χ3v) is 4.30. The van der Waals surface area contributed by atoms with Crippen LogP contribution in [0.25, 0.3) is 0 Å². The van der Waals surface area contributed by atoms with Crippen LogP contribution >= 0.6 is 11.6 Å². The molecule has 0 aliphatic carbocycles. The molecule has 1 saturated heterocycles. The number of benzene rings is 2. The van der Waals surface area contributed by atoms with Gasteiger partial charge in [-0.25, -0.2) is 9.18 Å². The molecule has 1 heterocycles. The van der Waals surface area contributed by atoms with E-state index in [4.69, 9.17) is 11.6 Å². The maximum atomic E-state index is 13.1. The molecule has 3 rings (SSSR count). The summed E-state index contributed by atoms with van der Waals surface area (Å²) in [4.78, 5) is 26.2. The third-order valence-electron chi connectivity index (χ3n) is 4.05. The molecule has 5 nitrogen and oxygen atoms in total. The summed E-state index contributed by atoms with van der Waals surface area (Å²) in [6.07, 6.45) is -0.0233. The Balaban J connectivity index is 1.72. The molecule has 1 aliphatic rings. The summed E-state index contributed by atoms with van der Waals surface area (Å²) in [5, 5.41) is 6.07. The second-order valence-corrected chi connectivity index (χ2v) is 6.38. The molecule has 2 aromatic rings. The number of hydrogen-bond acceptors (Lipinski definition) is 2. The van der Waals surface area contributed by atoms with E-state index < -0.39 is 12.2 Å². The average Bonchev–Trinajstić information content (AvgIpc) is 2.85. The first-order chi connectivity index (χ1) is 11.9. The number of anilines is 2. The lowest BCUT2D eigenvalue weighted by molar-refractivity contribution is -0.120. The van der Waals surface area contributed by atoms with Gasteiger partial charge in [0.1, 0.15) is 12.0 Å². The Morgan fingerprint density at radius 2 is 1.80 bits per heavy atom. The fourth-order valence-electron chi connectivity index (χ4n) is 2.82. The summed E-state index contributed by atoms with van der Waals surface area (Å²) < 4.78 is 13.1. The van der Waals surface area contributed by atoms with Gasteiger partial charge in [-0.2, -0.15) is 0 Å². The van der Waals surface area contributed by atoms with Gasteiger partial charge in [0.25, 0.3) is 0 Å². The van der Waals surface area contributed by atoms with Gasteiger partial charge in [0.15, 0.2) is 0 Å². The number of carbonyl (C=O) groups is 2. The van der Waals surface area contributed by atoms with Gasteiger partial charge in [-0.05, 0) is 55.0 Å². The molecule has 2 aromatic carbocycles. The maximum absolute atomic E-state index is 13.1. The summed E-state index contributed by atoms with van der Waals surface area (Å²) in [6, 6.07) is 11.9. The molecule has 2 N–H and O–H groups in total. The second-order valence-electron chi connectivity index (χ2n) is 5.94. The van der Waals surface area contributed by atoms with Crippen molar-refractivity contribution >= 4 is 34.9 Å². The van der Waals surface area contributed by atoms with Gasteiger partial charge in [-0.3, -0.25) is 9.69 Å². The summed E-state index contributed by atoms with van der Waals surface area (Å²) in [7, 11) is 0. The lowest BCUT2D eigenvalue weighted by Gasteiger charge is -2.25. The SMILES string of the molecule is CC1CC(NC(=O)Nc2ccc(Cl)cc2)N(c2ccc(F)cc2)C1=O. The molecule has 0 spiro atoms. The van der Waals surface area contributed by atoms with E-state index >= 15 is 0 Å². The zero-order chi connectivity index (χ0) is 18.0. The van der Waals surface area contributed by atoms with Gasteiger partial charge in [-0.15, -0.1) is 0 Å². The topological polar surface area (TPSA) is 61.4 Å². The molecule has 0 radical (unpaired) electrons. The normalized spacial score (nSPS) is 19.8. The van der Waals surface area contributed by atoms with Crippen molar-refractivity contribution in [3.63, 3.8) is 0 Å². The van der Waals surface area contributed by atoms with E-state index in [0.29, 0.717) is 22.8 Å². The Bertz CT molecular complexity index is 780. The fraction of sp³-hybridized carbons (Fsp3) is 0.222. The molecular formula is C18H17ClFN3O2. The average molecular weight is 362 g/mol. The monoisotopic (exact) mass is 361 g/mol. The predicted octanol–water partition coefficient (Wildman–Crippen LogP) is 4.00. The Morgan fingerprint density at radius 3 is 2.44 bits per heavy atom. The van der Waals surface area contributed by atoms with Crippen LogP contribution in [0.4, 0.5) is 20.6 Å². The smallest absolute Gasteiger partial charge is 0.317 e. The number of nitrogens with one attached hydrogen (secondary N) is 2. The van der Waals surface area contributed by atoms with Crippen LogP contribution in [0.2, 0.25) is 5.02 Å². The molecule has 2 atom stereocenters. The lowest BCUT2D eigenvalue weighted by Crippen LogP contribution is -2.47. The van der Waals surface area contributed by atoms with Crippen molar-refractivity contribution in [3.8, 4) is 0 Å². The largest absolute Gasteiger partial charge is 0.320 e. The van der Waals surface area contributed by atoms with Crippen LogP contribution in [0.15, 0.2) is 48.5 Å². The number of hydrogen-bond donors (Lipinski definition) is 2. The predicted molar refractivity (Wildman–Crippen MR) is 95.1 cm³/mol. The molecule has 1 aliphatic heterocycles. The minimum atomic E-state index is -0.500. The highest BCUT2D eigenvalue weighted by Gasteiger charge is 2.38. The van der Waals surface area contributed by atoms with Crippen molar-refractivity contribution in [1.82, 2.24) is 5.32 Å². The summed E-state index contributed by atoms with van der Waals surface area (Å²) >= 11 is 5.82. The first-order valence-electron chi connectivity index (χ1n) is 7.86. The highest BCUT2D eigenvalue weighted by Crippen LogP contribution is 2.29. The minimum absolute atomic E-state index is 0.108. The number of rotatable bonds is 3. The molecule has 1 fully saturated rings. The molecule has 130 valence electrons.